The minimum absolute atomic E-state index is 0.0482. The fraction of sp³-hybridized carbons (Fsp3) is 0.381. The highest BCUT2D eigenvalue weighted by Crippen LogP contribution is 2.42. The number of primary amides is 1. The molecule has 1 aliphatic heterocycles. The Kier molecular flexibility index (Phi) is 4.45. The average Bonchev–Trinajstić information content (AvgIpc) is 3.46. The summed E-state index contributed by atoms with van der Waals surface area (Å²) in [5.41, 5.74) is 14.6. The summed E-state index contributed by atoms with van der Waals surface area (Å²) in [5.74, 6) is 0.972. The number of hydrogen-bond acceptors (Lipinski definition) is 4. The normalized spacial score (nSPS) is 20.2. The molecular weight excluding hydrogens is 326 g/mol. The molecule has 1 unspecified atom stereocenters. The molecule has 136 valence electrons. The molecule has 1 amide bonds. The van der Waals surface area contributed by atoms with E-state index in [0.717, 1.165) is 43.1 Å². The molecule has 2 aromatic rings. The molecule has 1 saturated carbocycles. The van der Waals surface area contributed by atoms with E-state index in [1.165, 1.54) is 5.56 Å². The zero-order chi connectivity index (χ0) is 18.1. The summed E-state index contributed by atoms with van der Waals surface area (Å²) < 4.78 is 6.21. The maximum Gasteiger partial charge on any atom is 0.220 e. The minimum Gasteiger partial charge on any atom is -0.486 e. The molecule has 1 heterocycles. The Morgan fingerprint density at radius 2 is 1.96 bits per heavy atom. The molecule has 0 spiro atoms. The number of carbonyl (C=O) groups is 1. The molecular formula is C21H25N3O2. The van der Waals surface area contributed by atoms with E-state index in [1.807, 2.05) is 36.4 Å². The summed E-state index contributed by atoms with van der Waals surface area (Å²) in [5, 5.41) is 0. The Morgan fingerprint density at radius 1 is 1.19 bits per heavy atom. The lowest BCUT2D eigenvalue weighted by Crippen LogP contribution is -2.42. The van der Waals surface area contributed by atoms with Gasteiger partial charge in [0.05, 0.1) is 12.2 Å². The van der Waals surface area contributed by atoms with Gasteiger partial charge in [-0.05, 0) is 48.9 Å². The highest BCUT2D eigenvalue weighted by molar-refractivity contribution is 5.77. The number of benzene rings is 2. The molecule has 5 heteroatoms. The predicted molar refractivity (Wildman–Crippen MR) is 103 cm³/mol. The number of nitrogen functional groups attached to an aromatic ring is 1. The van der Waals surface area contributed by atoms with Gasteiger partial charge in [-0.15, -0.1) is 0 Å². The topological polar surface area (TPSA) is 81.6 Å². The number of nitrogens with two attached hydrogens (primary N) is 2. The van der Waals surface area contributed by atoms with Crippen LogP contribution in [0.4, 0.5) is 11.4 Å². The molecule has 4 rings (SSSR count). The van der Waals surface area contributed by atoms with Crippen LogP contribution in [0.2, 0.25) is 0 Å². The van der Waals surface area contributed by atoms with Gasteiger partial charge < -0.3 is 21.1 Å². The monoisotopic (exact) mass is 351 g/mol. The second kappa shape index (κ2) is 6.90. The maximum absolute atomic E-state index is 11.9. The van der Waals surface area contributed by atoms with E-state index in [9.17, 15) is 4.79 Å². The fourth-order valence-corrected chi connectivity index (χ4v) is 3.84. The van der Waals surface area contributed by atoms with Crippen LogP contribution in [0.15, 0.2) is 48.5 Å². The van der Waals surface area contributed by atoms with Gasteiger partial charge in [-0.2, -0.15) is 0 Å². The number of ether oxygens (including phenoxy) is 1. The van der Waals surface area contributed by atoms with Crippen molar-refractivity contribution >= 4 is 17.3 Å². The Balaban J connectivity index is 1.57. The lowest BCUT2D eigenvalue weighted by atomic mass is 9.94. The smallest absolute Gasteiger partial charge is 0.220 e. The van der Waals surface area contributed by atoms with Crippen molar-refractivity contribution in [2.45, 2.75) is 31.9 Å². The van der Waals surface area contributed by atoms with Crippen molar-refractivity contribution in [3.63, 3.8) is 0 Å². The van der Waals surface area contributed by atoms with E-state index in [1.54, 1.807) is 0 Å². The van der Waals surface area contributed by atoms with Crippen LogP contribution in [-0.4, -0.2) is 18.6 Å². The first kappa shape index (κ1) is 16.8. The molecule has 1 fully saturated rings. The van der Waals surface area contributed by atoms with Crippen molar-refractivity contribution in [1.29, 1.82) is 0 Å². The van der Waals surface area contributed by atoms with Gasteiger partial charge in [0.1, 0.15) is 11.9 Å². The van der Waals surface area contributed by atoms with Gasteiger partial charge in [0.25, 0.3) is 0 Å². The first-order valence-electron chi connectivity index (χ1n) is 9.24. The summed E-state index contributed by atoms with van der Waals surface area (Å²) in [6.07, 6.45) is 2.82. The molecule has 2 aliphatic rings. The number of nitrogens with zero attached hydrogens (tertiary/aromatic N) is 1. The number of fused-ring (bicyclic) bond motifs is 1. The van der Waals surface area contributed by atoms with E-state index < -0.39 is 0 Å². The molecule has 0 radical (unpaired) electrons. The van der Waals surface area contributed by atoms with Crippen molar-refractivity contribution in [2.24, 2.45) is 17.6 Å². The van der Waals surface area contributed by atoms with E-state index in [4.69, 9.17) is 16.2 Å². The molecule has 0 bridgehead atoms. The summed E-state index contributed by atoms with van der Waals surface area (Å²) in [6, 6.07) is 16.1. The van der Waals surface area contributed by atoms with E-state index in [0.29, 0.717) is 12.3 Å². The summed E-state index contributed by atoms with van der Waals surface area (Å²) in [6.45, 7) is 1.50. The summed E-state index contributed by atoms with van der Waals surface area (Å²) in [4.78, 5) is 14.1. The van der Waals surface area contributed by atoms with Crippen LogP contribution in [0.25, 0.3) is 0 Å². The fourth-order valence-electron chi connectivity index (χ4n) is 3.84. The van der Waals surface area contributed by atoms with Gasteiger partial charge in [-0.3, -0.25) is 4.79 Å². The minimum atomic E-state index is -0.200. The van der Waals surface area contributed by atoms with Crippen molar-refractivity contribution in [1.82, 2.24) is 0 Å². The zero-order valence-corrected chi connectivity index (χ0v) is 14.8. The Labute approximate surface area is 153 Å². The van der Waals surface area contributed by atoms with Crippen LogP contribution in [0.5, 0.6) is 5.75 Å². The standard InChI is InChI=1S/C21H25N3O2/c22-16-8-9-20-19(10-16)24(12-14-4-2-1-3-5-14)13-17(26-20)11-18(21(23)25)15-6-7-15/h1-5,8-10,15,17-18H,6-7,11-13,22H2,(H2,23,25)/t17-,18?/m0/s1. The maximum atomic E-state index is 11.9. The Hall–Kier alpha value is -2.69. The highest BCUT2D eigenvalue weighted by Gasteiger charge is 2.38. The van der Waals surface area contributed by atoms with Gasteiger partial charge in [-0.1, -0.05) is 30.3 Å². The summed E-state index contributed by atoms with van der Waals surface area (Å²) >= 11 is 0. The average molecular weight is 351 g/mol. The van der Waals surface area contributed by atoms with Crippen molar-refractivity contribution < 1.29 is 9.53 Å². The molecule has 0 aromatic heterocycles. The largest absolute Gasteiger partial charge is 0.486 e. The zero-order valence-electron chi connectivity index (χ0n) is 14.8. The Bertz CT molecular complexity index is 789. The molecule has 2 atom stereocenters. The van der Waals surface area contributed by atoms with Crippen LogP contribution in [0.3, 0.4) is 0 Å². The second-order valence-electron chi connectivity index (χ2n) is 7.42. The SMILES string of the molecule is NC(=O)C(C[C@H]1CN(Cc2ccccc2)c2cc(N)ccc2O1)C1CC1. The first-order valence-corrected chi connectivity index (χ1v) is 9.24. The van der Waals surface area contributed by atoms with Gasteiger partial charge in [0.15, 0.2) is 0 Å². The number of amides is 1. The van der Waals surface area contributed by atoms with Crippen LogP contribution in [0, 0.1) is 11.8 Å². The first-order chi connectivity index (χ1) is 12.6. The number of carbonyl (C=O) groups excluding carboxylic acids is 1. The van der Waals surface area contributed by atoms with Crippen molar-refractivity contribution in [2.75, 3.05) is 17.2 Å². The van der Waals surface area contributed by atoms with E-state index in [-0.39, 0.29) is 17.9 Å². The van der Waals surface area contributed by atoms with E-state index >= 15 is 0 Å². The molecule has 1 aliphatic carbocycles. The highest BCUT2D eigenvalue weighted by atomic mass is 16.5. The third-order valence-electron chi connectivity index (χ3n) is 5.33. The number of anilines is 2. The van der Waals surface area contributed by atoms with E-state index in [2.05, 4.69) is 17.0 Å². The third-order valence-corrected chi connectivity index (χ3v) is 5.33. The van der Waals surface area contributed by atoms with Gasteiger partial charge in [0, 0.05) is 18.2 Å². The lowest BCUT2D eigenvalue weighted by molar-refractivity contribution is -0.123. The molecule has 5 nitrogen and oxygen atoms in total. The number of hydrogen-bond donors (Lipinski definition) is 2. The molecule has 4 N–H and O–H groups in total. The van der Waals surface area contributed by atoms with Gasteiger partial charge >= 0.3 is 0 Å². The lowest BCUT2D eigenvalue weighted by Gasteiger charge is -2.37. The Morgan fingerprint density at radius 3 is 2.65 bits per heavy atom. The quantitative estimate of drug-likeness (QED) is 0.784. The molecule has 0 saturated heterocycles. The van der Waals surface area contributed by atoms with Crippen molar-refractivity contribution in [3.05, 3.63) is 54.1 Å². The predicted octanol–water partition coefficient (Wildman–Crippen LogP) is 2.94. The third kappa shape index (κ3) is 3.62. The molecule has 2 aromatic carbocycles. The van der Waals surface area contributed by atoms with Crippen molar-refractivity contribution in [3.8, 4) is 5.75 Å². The van der Waals surface area contributed by atoms with Crippen LogP contribution in [-0.2, 0) is 11.3 Å². The second-order valence-corrected chi connectivity index (χ2v) is 7.42. The van der Waals surface area contributed by atoms with Crippen LogP contribution in [0.1, 0.15) is 24.8 Å². The van der Waals surface area contributed by atoms with Gasteiger partial charge in [0.2, 0.25) is 5.91 Å². The molecule has 26 heavy (non-hydrogen) atoms. The van der Waals surface area contributed by atoms with Gasteiger partial charge in [-0.25, -0.2) is 0 Å². The van der Waals surface area contributed by atoms with Crippen LogP contribution < -0.4 is 21.1 Å². The van der Waals surface area contributed by atoms with Crippen LogP contribution >= 0.6 is 0 Å². The summed E-state index contributed by atoms with van der Waals surface area (Å²) in [7, 11) is 0. The number of rotatable bonds is 6.